The Kier molecular flexibility index (Phi) is 9.99. The molecule has 0 amide bonds. The van der Waals surface area contributed by atoms with Gasteiger partial charge in [-0.1, -0.05) is 143 Å². The van der Waals surface area contributed by atoms with Crippen molar-refractivity contribution in [2.24, 2.45) is 32.5 Å². The second kappa shape index (κ2) is 14.5. The monoisotopic (exact) mass is 1000 g/mol. The Morgan fingerprint density at radius 3 is 0.984 bits per heavy atom. The van der Waals surface area contributed by atoms with E-state index in [0.29, 0.717) is 0 Å². The molecular weight excluding hydrogens is 933 g/mol. The zero-order valence-electron chi connectivity index (χ0n) is 39.9. The summed E-state index contributed by atoms with van der Waals surface area (Å²) in [6, 6.07) is 31.7. The van der Waals surface area contributed by atoms with Crippen LogP contribution in [0.3, 0.4) is 0 Å². The van der Waals surface area contributed by atoms with E-state index in [9.17, 15) is 0 Å². The van der Waals surface area contributed by atoms with Gasteiger partial charge in [0.15, 0.2) is 0 Å². The Bertz CT molecular complexity index is 2370. The maximum absolute atomic E-state index is 15.1. The van der Waals surface area contributed by atoms with E-state index in [1.54, 1.807) is 0 Å². The molecule has 4 aromatic carbocycles. The van der Waals surface area contributed by atoms with Crippen LogP contribution < -0.4 is 10.2 Å². The molecule has 0 saturated heterocycles. The molecule has 8 aliphatic carbocycles. The molecule has 0 atom stereocenters. The number of hydrogen-bond donors (Lipinski definition) is 0. The van der Waals surface area contributed by atoms with Crippen LogP contribution in [0.4, 0.5) is 0 Å². The number of aryl methyl sites for hydroxylation is 2. The first-order valence-electron chi connectivity index (χ1n) is 24.0. The van der Waals surface area contributed by atoms with Gasteiger partial charge in [0.2, 0.25) is 0 Å². The molecule has 0 radical (unpaired) electrons. The topological polar surface area (TPSA) is 59.0 Å². The van der Waals surface area contributed by atoms with Crippen LogP contribution in [-0.2, 0) is 33.7 Å². The van der Waals surface area contributed by atoms with E-state index in [-0.39, 0.29) is 77.7 Å². The standard InChI is InChI=1S/C57H65NO2.2CH3.Hf/c1-36-20-42(48(59)44(22-36)56-30-50(3)24-51(4,31-56)26-52(5,25-50)32-56)38-14-9-11-16-40(38)46-18-13-19-47(58-46)41-17-12-10-15-39(41)43-21-37(2)23-45(49(43)60)57-33-53(6)27-54(7,34-57)29-55(8,28-53)35-57;;;/h9-23,59-60H,24-35H2,1-8H3;2*1H3;/q;;;+2/p-2. The fraction of sp³-hybridized carbons (Fsp3) is 0.508. The third-order valence-electron chi connectivity index (χ3n) is 17.1. The zero-order chi connectivity index (χ0) is 44.6. The summed E-state index contributed by atoms with van der Waals surface area (Å²) in [6.45, 7) is 19.4. The fourth-order valence-electron chi connectivity index (χ4n) is 18.5. The molecule has 4 heteroatoms. The SMILES string of the molecule is Cc1cc(-c2ccccc2-c2cccc(-c3ccccc3-c3cc(C)cc(C45CC6(C)CC(C)(CC(C)(C6)C4)C5)c3[O-])n2)c([O-])c(C23CC4(C)CC(C)(CC(C)(C4)C2)C3)c1.[CH3][Hf+2][CH3]. The first kappa shape index (κ1) is 43.4. The van der Waals surface area contributed by atoms with Gasteiger partial charge in [0, 0.05) is 11.1 Å². The molecule has 8 aliphatic rings. The van der Waals surface area contributed by atoms with Crippen molar-refractivity contribution in [1.29, 1.82) is 0 Å². The van der Waals surface area contributed by atoms with Crippen LogP contribution in [0.25, 0.3) is 44.8 Å². The summed E-state index contributed by atoms with van der Waals surface area (Å²) in [5.41, 5.74) is 13.0. The Morgan fingerprint density at radius 1 is 0.397 bits per heavy atom. The van der Waals surface area contributed by atoms with Crippen molar-refractivity contribution in [2.45, 2.75) is 153 Å². The van der Waals surface area contributed by atoms with E-state index in [2.05, 4.69) is 156 Å². The summed E-state index contributed by atoms with van der Waals surface area (Å²) in [7, 11) is 0. The molecule has 8 fully saturated rings. The average Bonchev–Trinajstić information content (AvgIpc) is 3.16. The summed E-state index contributed by atoms with van der Waals surface area (Å²) in [6.07, 6.45) is 14.3. The quantitative estimate of drug-likeness (QED) is 0.159. The zero-order valence-corrected chi connectivity index (χ0v) is 43.5. The van der Waals surface area contributed by atoms with Crippen molar-refractivity contribution >= 4 is 0 Å². The number of hydrogen-bond acceptors (Lipinski definition) is 3. The van der Waals surface area contributed by atoms with E-state index in [4.69, 9.17) is 4.98 Å². The van der Waals surface area contributed by atoms with Crippen LogP contribution in [0.1, 0.15) is 141 Å². The fourth-order valence-corrected chi connectivity index (χ4v) is 18.5. The first-order valence-corrected chi connectivity index (χ1v) is 31.2. The van der Waals surface area contributed by atoms with Gasteiger partial charge in [0.1, 0.15) is 0 Å². The van der Waals surface area contributed by atoms with Gasteiger partial charge in [0.05, 0.1) is 11.4 Å². The Labute approximate surface area is 390 Å². The van der Waals surface area contributed by atoms with Crippen molar-refractivity contribution in [1.82, 2.24) is 4.98 Å². The van der Waals surface area contributed by atoms with Crippen molar-refractivity contribution in [3.05, 3.63) is 113 Å². The Balaban J connectivity index is 0.00000153. The van der Waals surface area contributed by atoms with Crippen molar-refractivity contribution in [2.75, 3.05) is 0 Å². The van der Waals surface area contributed by atoms with Gasteiger partial charge < -0.3 is 10.2 Å². The van der Waals surface area contributed by atoms with E-state index >= 15 is 10.2 Å². The minimum atomic E-state index is -0.0820. The molecule has 1 heterocycles. The summed E-state index contributed by atoms with van der Waals surface area (Å²) in [5, 5.41) is 30.2. The van der Waals surface area contributed by atoms with Crippen LogP contribution >= 0.6 is 0 Å². The van der Waals surface area contributed by atoms with Gasteiger partial charge >= 0.3 is 32.3 Å². The van der Waals surface area contributed by atoms with Gasteiger partial charge in [-0.25, -0.2) is 4.98 Å². The Hall–Kier alpha value is -3.50. The second-order valence-corrected chi connectivity index (χ2v) is 28.5. The molecule has 13 rings (SSSR count). The molecule has 0 aliphatic heterocycles. The van der Waals surface area contributed by atoms with E-state index in [0.717, 1.165) is 106 Å². The molecule has 3 nitrogen and oxygen atoms in total. The van der Waals surface area contributed by atoms with Crippen LogP contribution in [0, 0.1) is 46.3 Å². The van der Waals surface area contributed by atoms with Crippen LogP contribution in [0.2, 0.25) is 9.36 Å². The molecule has 8 bridgehead atoms. The molecule has 0 spiro atoms. The van der Waals surface area contributed by atoms with E-state index in [1.165, 1.54) is 38.5 Å². The third kappa shape index (κ3) is 7.25. The number of nitrogens with zero attached hydrogens (tertiary/aromatic N) is 1. The summed E-state index contributed by atoms with van der Waals surface area (Å²) >= 11 is 0.0833. The van der Waals surface area contributed by atoms with Gasteiger partial charge in [-0.3, -0.25) is 0 Å². The van der Waals surface area contributed by atoms with Crippen molar-refractivity contribution in [3.8, 4) is 56.3 Å². The summed E-state index contributed by atoms with van der Waals surface area (Å²) in [5.74, 6) is 0.392. The molecule has 8 saturated carbocycles. The Morgan fingerprint density at radius 2 is 0.683 bits per heavy atom. The number of benzene rings is 4. The average molecular weight is 1000 g/mol. The first-order chi connectivity index (χ1) is 29.7. The predicted molar refractivity (Wildman–Crippen MR) is 253 cm³/mol. The van der Waals surface area contributed by atoms with Gasteiger partial charge in [-0.2, -0.15) is 0 Å². The summed E-state index contributed by atoms with van der Waals surface area (Å²) in [4.78, 5) is 5.39. The number of pyridine rings is 1. The van der Waals surface area contributed by atoms with Crippen molar-refractivity contribution < 1.29 is 33.1 Å². The normalized spacial score (nSPS) is 35.6. The molecule has 0 unspecified atom stereocenters. The van der Waals surface area contributed by atoms with Gasteiger partial charge in [-0.05, 0) is 180 Å². The van der Waals surface area contributed by atoms with Crippen LogP contribution in [-0.4, -0.2) is 4.98 Å². The molecule has 1 aromatic heterocycles. The van der Waals surface area contributed by atoms with Gasteiger partial charge in [-0.15, -0.1) is 0 Å². The van der Waals surface area contributed by atoms with E-state index in [1.807, 2.05) is 0 Å². The summed E-state index contributed by atoms with van der Waals surface area (Å²) < 4.78 is 4.64. The van der Waals surface area contributed by atoms with Crippen LogP contribution in [0.15, 0.2) is 91.0 Å². The molecule has 5 aromatic rings. The molecular formula is C59H69HfNO2. The maximum atomic E-state index is 15.1. The second-order valence-electron chi connectivity index (χ2n) is 24.9. The van der Waals surface area contributed by atoms with Crippen molar-refractivity contribution in [3.63, 3.8) is 0 Å². The number of aromatic nitrogens is 1. The third-order valence-corrected chi connectivity index (χ3v) is 17.1. The number of rotatable bonds is 6. The predicted octanol–water partition coefficient (Wildman–Crippen LogP) is 15.0. The van der Waals surface area contributed by atoms with Crippen LogP contribution in [0.5, 0.6) is 11.5 Å². The molecule has 326 valence electrons. The molecule has 63 heavy (non-hydrogen) atoms. The van der Waals surface area contributed by atoms with Gasteiger partial charge in [0.25, 0.3) is 0 Å². The molecule has 0 N–H and O–H groups in total. The minimum absolute atomic E-state index is 0.0820. The van der Waals surface area contributed by atoms with E-state index < -0.39 is 0 Å².